The molecule has 0 spiro atoms. The molecule has 0 aromatic heterocycles. The third-order valence-electron chi connectivity index (χ3n) is 1.59. The van der Waals surface area contributed by atoms with Crippen LogP contribution in [0.5, 0.6) is 0 Å². The van der Waals surface area contributed by atoms with Gasteiger partial charge in [0.15, 0.2) is 0 Å². The van der Waals surface area contributed by atoms with Crippen molar-refractivity contribution >= 4 is 16.1 Å². The first-order chi connectivity index (χ1) is 5.75. The van der Waals surface area contributed by atoms with Gasteiger partial charge < -0.3 is 9.90 Å². The molecule has 0 rings (SSSR count). The van der Waals surface area contributed by atoms with Crippen LogP contribution in [0.25, 0.3) is 0 Å². The summed E-state index contributed by atoms with van der Waals surface area (Å²) in [6.07, 6.45) is 1.16. The molecule has 0 aliphatic carbocycles. The average molecular weight is 246 g/mol. The summed E-state index contributed by atoms with van der Waals surface area (Å²) in [6, 6.07) is 0. The van der Waals surface area contributed by atoms with E-state index in [9.17, 15) is 18.3 Å². The molecule has 0 fully saturated rings. The zero-order valence-electron chi connectivity index (χ0n) is 8.35. The molecule has 0 saturated carbocycles. The van der Waals surface area contributed by atoms with Gasteiger partial charge in [-0.3, -0.25) is 4.55 Å². The summed E-state index contributed by atoms with van der Waals surface area (Å²) < 4.78 is 29.5. The standard InChI is InChI=1S/C7H12O5S.K/c1-5(7(8)9)3-4-6(2)13(10,11)12;/h3,6H,4H2,1-2H3,(H,8,9)(H,10,11,12);/q;+1/p-1/b5-3+;. The molecule has 0 amide bonds. The third-order valence-corrected chi connectivity index (χ3v) is 2.80. The predicted octanol–water partition coefficient (Wildman–Crippen LogP) is -3.65. The van der Waals surface area contributed by atoms with Gasteiger partial charge in [0, 0.05) is 0 Å². The second-order valence-electron chi connectivity index (χ2n) is 2.74. The number of carboxylic acid groups (broad SMARTS) is 1. The maximum Gasteiger partial charge on any atom is 1.00 e. The van der Waals surface area contributed by atoms with Gasteiger partial charge in [-0.05, 0) is 25.8 Å². The quantitative estimate of drug-likeness (QED) is 0.314. The van der Waals surface area contributed by atoms with Crippen molar-refractivity contribution in [3.63, 3.8) is 0 Å². The van der Waals surface area contributed by atoms with Crippen LogP contribution >= 0.6 is 0 Å². The van der Waals surface area contributed by atoms with E-state index >= 15 is 0 Å². The fourth-order valence-corrected chi connectivity index (χ4v) is 0.887. The van der Waals surface area contributed by atoms with E-state index in [4.69, 9.17) is 4.55 Å². The Hall–Kier alpha value is 0.756. The van der Waals surface area contributed by atoms with Gasteiger partial charge in [-0.15, -0.1) is 0 Å². The van der Waals surface area contributed by atoms with Crippen molar-refractivity contribution in [1.82, 2.24) is 0 Å². The maximum absolute atomic E-state index is 10.5. The maximum atomic E-state index is 10.5. The van der Waals surface area contributed by atoms with Crippen molar-refractivity contribution in [1.29, 1.82) is 0 Å². The average Bonchev–Trinajstić information content (AvgIpc) is 1.97. The summed E-state index contributed by atoms with van der Waals surface area (Å²) in [4.78, 5) is 10.2. The van der Waals surface area contributed by atoms with Crippen molar-refractivity contribution in [2.45, 2.75) is 25.5 Å². The molecule has 0 bridgehead atoms. The van der Waals surface area contributed by atoms with E-state index in [1.54, 1.807) is 0 Å². The molecule has 14 heavy (non-hydrogen) atoms. The molecule has 0 aromatic carbocycles. The molecule has 1 unspecified atom stereocenters. The van der Waals surface area contributed by atoms with E-state index in [0.29, 0.717) is 0 Å². The normalized spacial score (nSPS) is 14.4. The second-order valence-corrected chi connectivity index (χ2v) is 4.57. The topological polar surface area (TPSA) is 94.5 Å². The monoisotopic (exact) mass is 246 g/mol. The molecule has 0 aliphatic rings. The Morgan fingerprint density at radius 3 is 2.29 bits per heavy atom. The van der Waals surface area contributed by atoms with Crippen LogP contribution in [0.1, 0.15) is 20.3 Å². The number of carbonyl (C=O) groups excluding carboxylic acids is 1. The number of hydrogen-bond acceptors (Lipinski definition) is 4. The zero-order valence-corrected chi connectivity index (χ0v) is 12.3. The van der Waals surface area contributed by atoms with Gasteiger partial charge in [0.25, 0.3) is 10.1 Å². The first-order valence-corrected chi connectivity index (χ1v) is 5.10. The van der Waals surface area contributed by atoms with Gasteiger partial charge in [-0.25, -0.2) is 0 Å². The first kappa shape index (κ1) is 17.2. The fourth-order valence-electron chi connectivity index (χ4n) is 0.548. The van der Waals surface area contributed by atoms with Crippen LogP contribution in [-0.4, -0.2) is 24.2 Å². The van der Waals surface area contributed by atoms with Crippen LogP contribution in [-0.2, 0) is 14.9 Å². The van der Waals surface area contributed by atoms with Gasteiger partial charge in [-0.2, -0.15) is 8.42 Å². The Bertz CT molecular complexity index is 319. The fraction of sp³-hybridized carbons (Fsp3) is 0.571. The van der Waals surface area contributed by atoms with Gasteiger partial charge in [-0.1, -0.05) is 6.08 Å². The van der Waals surface area contributed by atoms with Crippen molar-refractivity contribution in [3.8, 4) is 0 Å². The number of allylic oxidation sites excluding steroid dienone is 1. The summed E-state index contributed by atoms with van der Waals surface area (Å²) in [5, 5.41) is 9.17. The van der Waals surface area contributed by atoms with Crippen LogP contribution in [0.15, 0.2) is 11.6 Å². The van der Waals surface area contributed by atoms with Crippen molar-refractivity contribution in [2.75, 3.05) is 0 Å². The number of aliphatic carboxylic acids is 1. The Kier molecular flexibility index (Phi) is 8.70. The summed E-state index contributed by atoms with van der Waals surface area (Å²) in [7, 11) is -4.08. The summed E-state index contributed by atoms with van der Waals surface area (Å²) in [5.41, 5.74) is -0.0458. The van der Waals surface area contributed by atoms with Gasteiger partial charge in [0.05, 0.1) is 11.2 Å². The van der Waals surface area contributed by atoms with Crippen molar-refractivity contribution in [3.05, 3.63) is 11.6 Å². The SMILES string of the molecule is C/C(=C\CC(C)S(=O)(=O)O)C(=O)[O-].[K+]. The Morgan fingerprint density at radius 1 is 1.57 bits per heavy atom. The summed E-state index contributed by atoms with van der Waals surface area (Å²) >= 11 is 0. The number of carboxylic acids is 1. The number of hydrogen-bond donors (Lipinski definition) is 1. The van der Waals surface area contributed by atoms with Crippen LogP contribution in [0.3, 0.4) is 0 Å². The Labute approximate surface area is 126 Å². The predicted molar refractivity (Wildman–Crippen MR) is 44.4 cm³/mol. The molecule has 76 valence electrons. The van der Waals surface area contributed by atoms with Crippen LogP contribution < -0.4 is 56.5 Å². The minimum absolute atomic E-state index is 0. The van der Waals surface area contributed by atoms with Crippen molar-refractivity contribution in [2.24, 2.45) is 0 Å². The van der Waals surface area contributed by atoms with Gasteiger partial charge in [0.2, 0.25) is 0 Å². The summed E-state index contributed by atoms with van der Waals surface area (Å²) in [5.74, 6) is -1.34. The minimum atomic E-state index is -4.08. The van der Waals surface area contributed by atoms with E-state index in [-0.39, 0.29) is 63.4 Å². The molecular formula is C7H11KO5S. The Balaban J connectivity index is 0. The molecule has 0 aromatic rings. The molecule has 7 heteroatoms. The first-order valence-electron chi connectivity index (χ1n) is 3.59. The number of rotatable bonds is 4. The summed E-state index contributed by atoms with van der Waals surface area (Å²) in [6.45, 7) is 2.58. The largest absolute Gasteiger partial charge is 1.00 e. The molecule has 1 atom stereocenters. The van der Waals surface area contributed by atoms with E-state index in [1.807, 2.05) is 0 Å². The minimum Gasteiger partial charge on any atom is -0.545 e. The van der Waals surface area contributed by atoms with E-state index in [0.717, 1.165) is 0 Å². The van der Waals surface area contributed by atoms with Crippen LogP contribution in [0.4, 0.5) is 0 Å². The second kappa shape index (κ2) is 7.10. The number of carbonyl (C=O) groups is 1. The molecule has 0 saturated heterocycles. The van der Waals surface area contributed by atoms with Crippen LogP contribution in [0, 0.1) is 0 Å². The molecule has 0 aliphatic heterocycles. The molecule has 5 nitrogen and oxygen atoms in total. The van der Waals surface area contributed by atoms with E-state index < -0.39 is 21.3 Å². The van der Waals surface area contributed by atoms with Gasteiger partial charge >= 0.3 is 51.4 Å². The zero-order chi connectivity index (χ0) is 10.6. The smallest absolute Gasteiger partial charge is 0.545 e. The molecule has 0 heterocycles. The van der Waals surface area contributed by atoms with E-state index in [2.05, 4.69) is 0 Å². The molecule has 0 radical (unpaired) electrons. The Morgan fingerprint density at radius 2 is 2.00 bits per heavy atom. The molecular weight excluding hydrogens is 235 g/mol. The van der Waals surface area contributed by atoms with Crippen LogP contribution in [0.2, 0.25) is 0 Å². The van der Waals surface area contributed by atoms with E-state index in [1.165, 1.54) is 19.9 Å². The third kappa shape index (κ3) is 7.10. The van der Waals surface area contributed by atoms with Crippen molar-refractivity contribution < 1.29 is 74.3 Å². The molecule has 1 N–H and O–H groups in total. The van der Waals surface area contributed by atoms with Gasteiger partial charge in [0.1, 0.15) is 0 Å².